The fourth-order valence-corrected chi connectivity index (χ4v) is 1.62. The van der Waals surface area contributed by atoms with Crippen molar-refractivity contribution in [3.63, 3.8) is 0 Å². The first kappa shape index (κ1) is 12.1. The van der Waals surface area contributed by atoms with E-state index in [9.17, 15) is 4.79 Å². The number of aryl methyl sites for hydroxylation is 1. The van der Waals surface area contributed by atoms with Gasteiger partial charge in [0.2, 0.25) is 0 Å². The average Bonchev–Trinajstić information content (AvgIpc) is 2.61. The predicted octanol–water partition coefficient (Wildman–Crippen LogP) is 1.20. The molecule has 2 N–H and O–H groups in total. The van der Waals surface area contributed by atoms with Gasteiger partial charge in [-0.15, -0.1) is 11.3 Å². The number of aliphatic hydroxyl groups excluding tert-OH is 1. The van der Waals surface area contributed by atoms with Crippen molar-refractivity contribution in [3.8, 4) is 0 Å². The van der Waals surface area contributed by atoms with Crippen LogP contribution in [0.4, 0.5) is 0 Å². The molecule has 0 aliphatic heterocycles. The minimum Gasteiger partial charge on any atom is -0.396 e. The molecule has 0 aliphatic rings. The van der Waals surface area contributed by atoms with Crippen LogP contribution in [0.5, 0.6) is 0 Å². The van der Waals surface area contributed by atoms with Crippen molar-refractivity contribution in [3.05, 3.63) is 16.1 Å². The van der Waals surface area contributed by atoms with Gasteiger partial charge in [-0.25, -0.2) is 4.98 Å². The molecule has 0 saturated carbocycles. The zero-order valence-electron chi connectivity index (χ0n) is 9.20. The molecule has 1 heterocycles. The van der Waals surface area contributed by atoms with Gasteiger partial charge in [0, 0.05) is 18.6 Å². The molecule has 1 amide bonds. The van der Waals surface area contributed by atoms with Crippen LogP contribution < -0.4 is 5.32 Å². The van der Waals surface area contributed by atoms with Gasteiger partial charge in [-0.3, -0.25) is 4.79 Å². The van der Waals surface area contributed by atoms with Gasteiger partial charge in [0.1, 0.15) is 4.88 Å². The summed E-state index contributed by atoms with van der Waals surface area (Å²) < 4.78 is 0. The highest BCUT2D eigenvalue weighted by atomic mass is 32.1. The van der Waals surface area contributed by atoms with Crippen molar-refractivity contribution in [2.45, 2.75) is 20.8 Å². The van der Waals surface area contributed by atoms with Crippen molar-refractivity contribution >= 4 is 17.2 Å². The minimum atomic E-state index is -0.282. The third-order valence-corrected chi connectivity index (χ3v) is 2.91. The largest absolute Gasteiger partial charge is 0.396 e. The lowest BCUT2D eigenvalue weighted by Crippen LogP contribution is -2.35. The van der Waals surface area contributed by atoms with E-state index in [4.69, 9.17) is 5.11 Å². The maximum absolute atomic E-state index is 11.6. The smallest absolute Gasteiger partial charge is 0.263 e. The molecule has 0 saturated heterocycles. The standard InChI is InChI=1S/C10H16N2O2S/c1-7-11-4-8(15-7)9(14)12-5-10(2,3)6-13/h4,13H,5-6H2,1-3H3,(H,12,14). The van der Waals surface area contributed by atoms with E-state index in [1.165, 1.54) is 11.3 Å². The molecular formula is C10H16N2O2S. The molecule has 0 aliphatic carbocycles. The molecule has 1 aromatic heterocycles. The number of carbonyl (C=O) groups excluding carboxylic acids is 1. The van der Waals surface area contributed by atoms with Gasteiger partial charge in [-0.1, -0.05) is 13.8 Å². The first-order valence-corrected chi connectivity index (χ1v) is 5.58. The van der Waals surface area contributed by atoms with Crippen LogP contribution in [-0.2, 0) is 0 Å². The third-order valence-electron chi connectivity index (χ3n) is 2.00. The lowest BCUT2D eigenvalue weighted by molar-refractivity contribution is 0.0915. The van der Waals surface area contributed by atoms with Gasteiger partial charge < -0.3 is 10.4 Å². The molecule has 1 aromatic rings. The Morgan fingerprint density at radius 3 is 2.80 bits per heavy atom. The Morgan fingerprint density at radius 1 is 1.67 bits per heavy atom. The molecule has 0 aromatic carbocycles. The number of hydrogen-bond donors (Lipinski definition) is 2. The SMILES string of the molecule is Cc1ncc(C(=O)NCC(C)(C)CO)s1. The van der Waals surface area contributed by atoms with E-state index in [-0.39, 0.29) is 17.9 Å². The monoisotopic (exact) mass is 228 g/mol. The molecule has 0 atom stereocenters. The lowest BCUT2D eigenvalue weighted by Gasteiger charge is -2.21. The summed E-state index contributed by atoms with van der Waals surface area (Å²) in [6.07, 6.45) is 1.57. The molecule has 1 rings (SSSR count). The second kappa shape index (κ2) is 4.72. The van der Waals surface area contributed by atoms with E-state index in [1.54, 1.807) is 6.20 Å². The summed E-state index contributed by atoms with van der Waals surface area (Å²) in [6.45, 7) is 6.16. The number of carbonyl (C=O) groups is 1. The van der Waals surface area contributed by atoms with E-state index >= 15 is 0 Å². The number of amides is 1. The second-order valence-electron chi connectivity index (χ2n) is 4.25. The van der Waals surface area contributed by atoms with Crippen molar-refractivity contribution in [2.24, 2.45) is 5.41 Å². The normalized spacial score (nSPS) is 11.5. The van der Waals surface area contributed by atoms with Gasteiger partial charge in [0.05, 0.1) is 11.2 Å². The van der Waals surface area contributed by atoms with Gasteiger partial charge >= 0.3 is 0 Å². The molecule has 15 heavy (non-hydrogen) atoms. The molecule has 0 unspecified atom stereocenters. The number of nitrogens with zero attached hydrogens (tertiary/aromatic N) is 1. The van der Waals surface area contributed by atoms with E-state index in [0.29, 0.717) is 11.4 Å². The predicted molar refractivity (Wildman–Crippen MR) is 60.1 cm³/mol. The van der Waals surface area contributed by atoms with E-state index < -0.39 is 0 Å². The third kappa shape index (κ3) is 3.60. The number of aromatic nitrogens is 1. The average molecular weight is 228 g/mol. The Labute approximate surface area is 93.4 Å². The van der Waals surface area contributed by atoms with Gasteiger partial charge in [0.15, 0.2) is 0 Å². The molecule has 5 heteroatoms. The maximum Gasteiger partial charge on any atom is 0.263 e. The van der Waals surface area contributed by atoms with Gasteiger partial charge in [-0.05, 0) is 6.92 Å². The highest BCUT2D eigenvalue weighted by molar-refractivity contribution is 7.13. The fraction of sp³-hybridized carbons (Fsp3) is 0.600. The zero-order chi connectivity index (χ0) is 11.5. The number of rotatable bonds is 4. The van der Waals surface area contributed by atoms with Crippen molar-refractivity contribution < 1.29 is 9.90 Å². The Morgan fingerprint density at radius 2 is 2.33 bits per heavy atom. The highest BCUT2D eigenvalue weighted by Gasteiger charge is 2.18. The summed E-state index contributed by atoms with van der Waals surface area (Å²) in [6, 6.07) is 0. The Balaban J connectivity index is 2.50. The van der Waals surface area contributed by atoms with Crippen LogP contribution in [-0.4, -0.2) is 29.1 Å². The summed E-state index contributed by atoms with van der Waals surface area (Å²) in [5.74, 6) is -0.123. The second-order valence-corrected chi connectivity index (χ2v) is 5.48. The summed E-state index contributed by atoms with van der Waals surface area (Å²) in [4.78, 5) is 16.2. The molecule has 84 valence electrons. The van der Waals surface area contributed by atoms with Crippen LogP contribution in [0, 0.1) is 12.3 Å². The minimum absolute atomic E-state index is 0.0506. The molecule has 0 bridgehead atoms. The number of aliphatic hydroxyl groups is 1. The molecule has 4 nitrogen and oxygen atoms in total. The summed E-state index contributed by atoms with van der Waals surface area (Å²) >= 11 is 1.37. The maximum atomic E-state index is 11.6. The highest BCUT2D eigenvalue weighted by Crippen LogP contribution is 2.14. The Kier molecular flexibility index (Phi) is 3.82. The van der Waals surface area contributed by atoms with E-state index in [0.717, 1.165) is 5.01 Å². The van der Waals surface area contributed by atoms with Crippen LogP contribution >= 0.6 is 11.3 Å². The van der Waals surface area contributed by atoms with Crippen molar-refractivity contribution in [2.75, 3.05) is 13.2 Å². The fourth-order valence-electron chi connectivity index (χ4n) is 0.929. The number of hydrogen-bond acceptors (Lipinski definition) is 4. The number of thiazole rings is 1. The van der Waals surface area contributed by atoms with Crippen LogP contribution in [0.3, 0.4) is 0 Å². The first-order valence-electron chi connectivity index (χ1n) is 4.76. The topological polar surface area (TPSA) is 62.2 Å². The Hall–Kier alpha value is -0.940. The van der Waals surface area contributed by atoms with Gasteiger partial charge in [0.25, 0.3) is 5.91 Å². The quantitative estimate of drug-likeness (QED) is 0.814. The van der Waals surface area contributed by atoms with Crippen LogP contribution in [0.25, 0.3) is 0 Å². The van der Waals surface area contributed by atoms with Crippen LogP contribution in [0.2, 0.25) is 0 Å². The van der Waals surface area contributed by atoms with Crippen LogP contribution in [0.1, 0.15) is 28.5 Å². The van der Waals surface area contributed by atoms with E-state index in [1.807, 2.05) is 20.8 Å². The van der Waals surface area contributed by atoms with Gasteiger partial charge in [-0.2, -0.15) is 0 Å². The molecule has 0 fully saturated rings. The molecule has 0 spiro atoms. The zero-order valence-corrected chi connectivity index (χ0v) is 10.0. The van der Waals surface area contributed by atoms with Crippen LogP contribution in [0.15, 0.2) is 6.20 Å². The summed E-state index contributed by atoms with van der Waals surface area (Å²) in [5.41, 5.74) is -0.282. The summed E-state index contributed by atoms with van der Waals surface area (Å²) in [5, 5.41) is 12.7. The number of nitrogens with one attached hydrogen (secondary N) is 1. The Bertz CT molecular complexity index is 347. The summed E-state index contributed by atoms with van der Waals surface area (Å²) in [7, 11) is 0. The molecule has 0 radical (unpaired) electrons. The first-order chi connectivity index (χ1) is 6.94. The van der Waals surface area contributed by atoms with E-state index in [2.05, 4.69) is 10.3 Å². The lowest BCUT2D eigenvalue weighted by atomic mass is 9.95. The molecular weight excluding hydrogens is 212 g/mol. The van der Waals surface area contributed by atoms with Crippen molar-refractivity contribution in [1.29, 1.82) is 0 Å². The van der Waals surface area contributed by atoms with Crippen molar-refractivity contribution in [1.82, 2.24) is 10.3 Å².